The Bertz CT molecular complexity index is 292. The molecule has 0 radical (unpaired) electrons. The van der Waals surface area contributed by atoms with Gasteiger partial charge in [0.25, 0.3) is 5.91 Å². The predicted molar refractivity (Wildman–Crippen MR) is 39.8 cm³/mol. The minimum atomic E-state index is -1.16. The molecule has 0 aliphatic carbocycles. The number of hydrogen-bond acceptors (Lipinski definition) is 4. The lowest BCUT2D eigenvalue weighted by atomic mass is 10.3. The number of nitrogens with one attached hydrogen (secondary N) is 1. The normalized spacial score (nSPS) is 9.54. The van der Waals surface area contributed by atoms with E-state index in [4.69, 9.17) is 5.11 Å². The number of carboxylic acids is 1. The number of rotatable bonds is 4. The van der Waals surface area contributed by atoms with E-state index in [1.807, 2.05) is 5.48 Å². The molecule has 0 bridgehead atoms. The van der Waals surface area contributed by atoms with Crippen LogP contribution in [0.1, 0.15) is 10.4 Å². The summed E-state index contributed by atoms with van der Waals surface area (Å²) in [5.41, 5.74) is 2.21. The average Bonchev–Trinajstić information content (AvgIpc) is 2.55. The highest BCUT2D eigenvalue weighted by Gasteiger charge is 2.06. The second-order valence-electron chi connectivity index (χ2n) is 2.13. The maximum Gasteiger partial charge on any atom is 0.332 e. The van der Waals surface area contributed by atoms with Crippen LogP contribution in [0.2, 0.25) is 0 Å². The summed E-state index contributed by atoms with van der Waals surface area (Å²) in [4.78, 5) is 25.3. The number of carboxylic acid groups (broad SMARTS) is 1. The summed E-state index contributed by atoms with van der Waals surface area (Å²) in [5, 5.41) is 8.16. The van der Waals surface area contributed by atoms with Crippen LogP contribution in [0.25, 0.3) is 0 Å². The zero-order valence-electron chi connectivity index (χ0n) is 6.52. The van der Waals surface area contributed by atoms with Crippen LogP contribution < -0.4 is 5.48 Å². The van der Waals surface area contributed by atoms with Crippen LogP contribution in [-0.4, -0.2) is 23.6 Å². The van der Waals surface area contributed by atoms with Crippen molar-refractivity contribution in [2.45, 2.75) is 0 Å². The molecule has 0 aromatic carbocycles. The van der Waals surface area contributed by atoms with Crippen molar-refractivity contribution in [2.75, 3.05) is 6.61 Å². The van der Waals surface area contributed by atoms with Crippen LogP contribution in [-0.2, 0) is 9.63 Å². The smallest absolute Gasteiger partial charge is 0.332 e. The van der Waals surface area contributed by atoms with E-state index in [-0.39, 0.29) is 5.56 Å². The first-order chi connectivity index (χ1) is 6.20. The van der Waals surface area contributed by atoms with E-state index >= 15 is 0 Å². The summed E-state index contributed by atoms with van der Waals surface area (Å²) in [5.74, 6) is -1.71. The maximum atomic E-state index is 11.0. The third kappa shape index (κ3) is 2.96. The molecule has 0 atom stereocenters. The van der Waals surface area contributed by atoms with Crippen molar-refractivity contribution in [3.8, 4) is 0 Å². The number of hydrogen-bond donors (Lipinski definition) is 2. The van der Waals surface area contributed by atoms with Crippen LogP contribution in [0.4, 0.5) is 0 Å². The lowest BCUT2D eigenvalue weighted by molar-refractivity contribution is -0.144. The van der Waals surface area contributed by atoms with Crippen LogP contribution in [0, 0.1) is 0 Å². The van der Waals surface area contributed by atoms with Gasteiger partial charge in [0.05, 0.1) is 11.8 Å². The van der Waals surface area contributed by atoms with Gasteiger partial charge in [-0.25, -0.2) is 10.3 Å². The lowest BCUT2D eigenvalue weighted by Crippen LogP contribution is -2.26. The highest BCUT2D eigenvalue weighted by atomic mass is 16.7. The van der Waals surface area contributed by atoms with Gasteiger partial charge in [0, 0.05) is 0 Å². The zero-order chi connectivity index (χ0) is 9.68. The van der Waals surface area contributed by atoms with E-state index in [1.165, 1.54) is 18.6 Å². The number of hydroxylamine groups is 1. The molecule has 70 valence electrons. The van der Waals surface area contributed by atoms with Crippen LogP contribution in [0.5, 0.6) is 0 Å². The average molecular weight is 185 g/mol. The van der Waals surface area contributed by atoms with Crippen LogP contribution >= 0.6 is 0 Å². The molecule has 1 rings (SSSR count). The number of carbonyl (C=O) groups is 2. The first-order valence-electron chi connectivity index (χ1n) is 3.36. The number of amides is 1. The number of furan rings is 1. The van der Waals surface area contributed by atoms with Gasteiger partial charge in [-0.3, -0.25) is 9.63 Å². The maximum absolute atomic E-state index is 11.0. The highest BCUT2D eigenvalue weighted by molar-refractivity contribution is 5.93. The molecule has 0 saturated heterocycles. The zero-order valence-corrected chi connectivity index (χ0v) is 6.52. The third-order valence-electron chi connectivity index (χ3n) is 1.14. The summed E-state index contributed by atoms with van der Waals surface area (Å²) >= 11 is 0. The largest absolute Gasteiger partial charge is 0.479 e. The quantitative estimate of drug-likeness (QED) is 0.646. The molecule has 1 aromatic heterocycles. The molecular weight excluding hydrogens is 178 g/mol. The van der Waals surface area contributed by atoms with E-state index in [0.717, 1.165) is 0 Å². The van der Waals surface area contributed by atoms with Gasteiger partial charge in [-0.2, -0.15) is 0 Å². The monoisotopic (exact) mass is 185 g/mol. The molecule has 6 nitrogen and oxygen atoms in total. The third-order valence-corrected chi connectivity index (χ3v) is 1.14. The Labute approximate surface area is 73.1 Å². The molecule has 0 fully saturated rings. The summed E-state index contributed by atoms with van der Waals surface area (Å²) < 4.78 is 4.63. The molecule has 2 N–H and O–H groups in total. The second-order valence-corrected chi connectivity index (χ2v) is 2.13. The predicted octanol–water partition coefficient (Wildman–Crippen LogP) is 0.0256. The fraction of sp³-hybridized carbons (Fsp3) is 0.143. The van der Waals surface area contributed by atoms with Gasteiger partial charge in [0.1, 0.15) is 6.26 Å². The second kappa shape index (κ2) is 4.27. The van der Waals surface area contributed by atoms with Gasteiger partial charge < -0.3 is 9.52 Å². The lowest BCUT2D eigenvalue weighted by Gasteiger charge is -2.00. The fourth-order valence-corrected chi connectivity index (χ4v) is 0.616. The Morgan fingerprint density at radius 3 is 2.92 bits per heavy atom. The molecule has 0 unspecified atom stereocenters. The van der Waals surface area contributed by atoms with Gasteiger partial charge in [-0.05, 0) is 6.07 Å². The Balaban J connectivity index is 2.31. The van der Waals surface area contributed by atoms with Crippen molar-refractivity contribution in [3.63, 3.8) is 0 Å². The molecule has 13 heavy (non-hydrogen) atoms. The van der Waals surface area contributed by atoms with Crippen molar-refractivity contribution >= 4 is 11.9 Å². The van der Waals surface area contributed by atoms with Crippen molar-refractivity contribution < 1.29 is 24.0 Å². The van der Waals surface area contributed by atoms with Gasteiger partial charge in [-0.1, -0.05) is 0 Å². The van der Waals surface area contributed by atoms with Gasteiger partial charge in [-0.15, -0.1) is 0 Å². The van der Waals surface area contributed by atoms with Gasteiger partial charge in [0.2, 0.25) is 0 Å². The van der Waals surface area contributed by atoms with Gasteiger partial charge in [0.15, 0.2) is 6.61 Å². The molecule has 0 aliphatic heterocycles. The first-order valence-corrected chi connectivity index (χ1v) is 3.36. The molecular formula is C7H7NO5. The highest BCUT2D eigenvalue weighted by Crippen LogP contribution is 1.98. The van der Waals surface area contributed by atoms with Crippen molar-refractivity contribution in [1.29, 1.82) is 0 Å². The van der Waals surface area contributed by atoms with Crippen molar-refractivity contribution in [2.24, 2.45) is 0 Å². The molecule has 1 heterocycles. The SMILES string of the molecule is O=C(O)CONC(=O)c1ccoc1. The standard InChI is InChI=1S/C7H7NO5/c9-6(10)4-13-8-7(11)5-1-2-12-3-5/h1-3H,4H2,(H,8,11)(H,9,10). The molecule has 0 aliphatic rings. The van der Waals surface area contributed by atoms with E-state index in [0.29, 0.717) is 0 Å². The summed E-state index contributed by atoms with van der Waals surface area (Å²) in [6, 6.07) is 1.43. The minimum absolute atomic E-state index is 0.269. The Hall–Kier alpha value is -1.82. The molecule has 0 saturated carbocycles. The molecule has 1 amide bonds. The summed E-state index contributed by atoms with van der Waals surface area (Å²) in [6.07, 6.45) is 2.55. The number of aliphatic carboxylic acids is 1. The number of carbonyl (C=O) groups excluding carboxylic acids is 1. The Morgan fingerprint density at radius 2 is 2.38 bits per heavy atom. The van der Waals surface area contributed by atoms with E-state index < -0.39 is 18.5 Å². The van der Waals surface area contributed by atoms with E-state index in [2.05, 4.69) is 9.25 Å². The van der Waals surface area contributed by atoms with E-state index in [9.17, 15) is 9.59 Å². The van der Waals surface area contributed by atoms with Crippen LogP contribution in [0.3, 0.4) is 0 Å². The minimum Gasteiger partial charge on any atom is -0.479 e. The first kappa shape index (κ1) is 9.27. The van der Waals surface area contributed by atoms with Crippen molar-refractivity contribution in [1.82, 2.24) is 5.48 Å². The Kier molecular flexibility index (Phi) is 3.04. The Morgan fingerprint density at radius 1 is 1.62 bits per heavy atom. The summed E-state index contributed by atoms with van der Waals surface area (Å²) in [6.45, 7) is -0.580. The molecule has 0 spiro atoms. The van der Waals surface area contributed by atoms with E-state index in [1.54, 1.807) is 0 Å². The van der Waals surface area contributed by atoms with Crippen LogP contribution in [0.15, 0.2) is 23.0 Å². The van der Waals surface area contributed by atoms with Crippen molar-refractivity contribution in [3.05, 3.63) is 24.2 Å². The van der Waals surface area contributed by atoms with Gasteiger partial charge >= 0.3 is 5.97 Å². The topological polar surface area (TPSA) is 88.8 Å². The molecule has 6 heteroatoms. The fourth-order valence-electron chi connectivity index (χ4n) is 0.616. The summed E-state index contributed by atoms with van der Waals surface area (Å²) in [7, 11) is 0. The molecule has 1 aromatic rings.